The molecule has 0 radical (unpaired) electrons. The fraction of sp³-hybridized carbons (Fsp3) is 0.407. The fourth-order valence-electron chi connectivity index (χ4n) is 3.16. The van der Waals surface area contributed by atoms with Crippen LogP contribution in [0.15, 0.2) is 60.7 Å². The predicted molar refractivity (Wildman–Crippen MR) is 136 cm³/mol. The summed E-state index contributed by atoms with van der Waals surface area (Å²) in [5.41, 5.74) is 2.67. The molecule has 0 saturated carbocycles. The summed E-state index contributed by atoms with van der Waals surface area (Å²) in [4.78, 5) is 2.00. The van der Waals surface area contributed by atoms with Crippen LogP contribution in [0.4, 0.5) is 0 Å². The highest BCUT2D eigenvalue weighted by molar-refractivity contribution is 6.20. The van der Waals surface area contributed by atoms with Gasteiger partial charge in [-0.25, -0.2) is 0 Å². The van der Waals surface area contributed by atoms with Crippen LogP contribution < -0.4 is 0 Å². The first-order chi connectivity index (χ1) is 14.1. The lowest BCUT2D eigenvalue weighted by molar-refractivity contribution is 0.505. The van der Waals surface area contributed by atoms with Crippen LogP contribution in [0.1, 0.15) is 48.5 Å². The molecule has 2 heteroatoms. The summed E-state index contributed by atoms with van der Waals surface area (Å²) in [6, 6.07) is 21.8. The van der Waals surface area contributed by atoms with Gasteiger partial charge in [0.1, 0.15) is 0 Å². The van der Waals surface area contributed by atoms with E-state index in [0.717, 1.165) is 6.54 Å². The molecule has 4 rings (SSSR count). The second kappa shape index (κ2) is 14.6. The summed E-state index contributed by atoms with van der Waals surface area (Å²) in [6.07, 6.45) is 0. The van der Waals surface area contributed by atoms with Gasteiger partial charge in [0.15, 0.2) is 0 Å². The van der Waals surface area contributed by atoms with E-state index in [2.05, 4.69) is 72.2 Å². The molecule has 0 aliphatic carbocycles. The zero-order valence-corrected chi connectivity index (χ0v) is 20.4. The van der Waals surface area contributed by atoms with Gasteiger partial charge in [0.2, 0.25) is 0 Å². The fourth-order valence-corrected chi connectivity index (χ4v) is 3.16. The van der Waals surface area contributed by atoms with E-state index < -0.39 is 0 Å². The van der Waals surface area contributed by atoms with Crippen molar-refractivity contribution in [1.82, 2.24) is 9.47 Å². The van der Waals surface area contributed by atoms with Crippen molar-refractivity contribution in [1.29, 1.82) is 0 Å². The molecule has 1 heterocycles. The molecule has 0 unspecified atom stereocenters. The van der Waals surface area contributed by atoms with Gasteiger partial charge >= 0.3 is 0 Å². The highest BCUT2D eigenvalue weighted by Gasteiger charge is 2.11. The van der Waals surface area contributed by atoms with E-state index >= 15 is 0 Å². The highest BCUT2D eigenvalue weighted by atomic mass is 15.0. The van der Waals surface area contributed by atoms with Gasteiger partial charge in [-0.3, -0.25) is 0 Å². The molecule has 0 spiro atoms. The van der Waals surface area contributed by atoms with E-state index in [0.29, 0.717) is 0 Å². The number of fused-ring (bicyclic) bond motifs is 5. The normalized spacial score (nSPS) is 9.48. The van der Waals surface area contributed by atoms with Crippen LogP contribution in [0.5, 0.6) is 0 Å². The second-order valence-electron chi connectivity index (χ2n) is 6.28. The molecule has 0 atom stereocenters. The van der Waals surface area contributed by atoms with E-state index in [1.807, 2.05) is 67.6 Å². The zero-order valence-electron chi connectivity index (χ0n) is 20.4. The van der Waals surface area contributed by atoms with Gasteiger partial charge < -0.3 is 9.47 Å². The third kappa shape index (κ3) is 6.61. The summed E-state index contributed by atoms with van der Waals surface area (Å²) in [6.45, 7) is 15.2. The Kier molecular flexibility index (Phi) is 13.5. The summed E-state index contributed by atoms with van der Waals surface area (Å²) in [5.74, 6) is 0. The van der Waals surface area contributed by atoms with Crippen LogP contribution in [0.3, 0.4) is 0 Å². The summed E-state index contributed by atoms with van der Waals surface area (Å²) < 4.78 is 2.40. The summed E-state index contributed by atoms with van der Waals surface area (Å²) >= 11 is 0. The average molecular weight is 395 g/mol. The minimum Gasteiger partial charge on any atom is -0.341 e. The Labute approximate surface area is 179 Å². The zero-order chi connectivity index (χ0) is 22.4. The number of rotatable bonds is 1. The average Bonchev–Trinajstić information content (AvgIpc) is 3.11. The van der Waals surface area contributed by atoms with Gasteiger partial charge in [-0.1, -0.05) is 90.1 Å². The molecular weight excluding hydrogens is 352 g/mol. The van der Waals surface area contributed by atoms with Crippen LogP contribution in [0.2, 0.25) is 0 Å². The maximum atomic E-state index is 2.40. The van der Waals surface area contributed by atoms with Gasteiger partial charge in [0.05, 0.1) is 0 Å². The monoisotopic (exact) mass is 394 g/mol. The molecule has 1 aromatic heterocycles. The van der Waals surface area contributed by atoms with Crippen molar-refractivity contribution in [3.05, 3.63) is 60.7 Å². The van der Waals surface area contributed by atoms with Crippen LogP contribution >= 0.6 is 0 Å². The Hall–Kier alpha value is -2.32. The molecule has 0 aliphatic heterocycles. The van der Waals surface area contributed by atoms with Crippen molar-refractivity contribution in [3.63, 3.8) is 0 Å². The van der Waals surface area contributed by atoms with Gasteiger partial charge in [0, 0.05) is 28.4 Å². The largest absolute Gasteiger partial charge is 0.341 e. The lowest BCUT2D eigenvalue weighted by Gasteiger charge is -2.03. The molecule has 0 saturated heterocycles. The quantitative estimate of drug-likeness (QED) is 0.315. The molecule has 2 nitrogen and oxygen atoms in total. The van der Waals surface area contributed by atoms with Crippen LogP contribution in [-0.2, 0) is 6.54 Å². The van der Waals surface area contributed by atoms with Gasteiger partial charge in [0.25, 0.3) is 0 Å². The van der Waals surface area contributed by atoms with Crippen LogP contribution in [0.25, 0.3) is 32.6 Å². The number of aryl methyl sites for hydroxylation is 1. The maximum absolute atomic E-state index is 2.40. The van der Waals surface area contributed by atoms with E-state index in [-0.39, 0.29) is 0 Å². The van der Waals surface area contributed by atoms with Crippen molar-refractivity contribution < 1.29 is 0 Å². The smallest absolute Gasteiger partial charge is 0.0497 e. The number of nitrogens with zero attached hydrogens (tertiary/aromatic N) is 2. The SMILES string of the molecule is CC.CC.CC.CCn1c2ccccc2c2c3ccccc3ccc21.CN(C)C. The lowest BCUT2D eigenvalue weighted by Crippen LogP contribution is -1.99. The number of benzene rings is 3. The van der Waals surface area contributed by atoms with Crippen molar-refractivity contribution in [2.24, 2.45) is 0 Å². The van der Waals surface area contributed by atoms with E-state index in [1.165, 1.54) is 32.6 Å². The Balaban J connectivity index is 0.000000681. The summed E-state index contributed by atoms with van der Waals surface area (Å²) in [5, 5.41) is 5.41. The Morgan fingerprint density at radius 3 is 1.66 bits per heavy atom. The standard InChI is InChI=1S/C18H15N.C3H9N.3C2H6/c1-2-19-16-10-6-5-9-15(16)18-14-8-4-3-7-13(14)11-12-17(18)19;1-4(2)3;3*1-2/h3-12H,2H2,1H3;1-3H3;3*1-2H3. The van der Waals surface area contributed by atoms with Crippen molar-refractivity contribution in [2.75, 3.05) is 21.1 Å². The minimum atomic E-state index is 1.00. The molecule has 0 amide bonds. The first-order valence-corrected chi connectivity index (χ1v) is 11.1. The van der Waals surface area contributed by atoms with Crippen molar-refractivity contribution >= 4 is 32.6 Å². The highest BCUT2D eigenvalue weighted by Crippen LogP contribution is 2.34. The molecule has 4 aromatic rings. The van der Waals surface area contributed by atoms with Gasteiger partial charge in [-0.05, 0) is 51.0 Å². The van der Waals surface area contributed by atoms with E-state index in [9.17, 15) is 0 Å². The molecule has 0 bridgehead atoms. The third-order valence-electron chi connectivity index (χ3n) is 3.98. The first-order valence-electron chi connectivity index (χ1n) is 11.1. The maximum Gasteiger partial charge on any atom is 0.0497 e. The lowest BCUT2D eigenvalue weighted by atomic mass is 10.0. The molecule has 29 heavy (non-hydrogen) atoms. The topological polar surface area (TPSA) is 8.17 Å². The Morgan fingerprint density at radius 2 is 1.10 bits per heavy atom. The molecular formula is C27H42N2. The predicted octanol–water partition coefficient (Wildman–Crippen LogP) is 8.22. The first kappa shape index (κ1) is 26.7. The molecule has 160 valence electrons. The number of hydrogen-bond donors (Lipinski definition) is 0. The molecule has 0 fully saturated rings. The number of para-hydroxylation sites is 1. The number of hydrogen-bond acceptors (Lipinski definition) is 1. The third-order valence-corrected chi connectivity index (χ3v) is 3.98. The molecule has 0 aliphatic rings. The van der Waals surface area contributed by atoms with Crippen LogP contribution in [0, 0.1) is 0 Å². The Morgan fingerprint density at radius 1 is 0.621 bits per heavy atom. The van der Waals surface area contributed by atoms with E-state index in [4.69, 9.17) is 0 Å². The van der Waals surface area contributed by atoms with Crippen molar-refractivity contribution in [2.45, 2.75) is 55.0 Å². The van der Waals surface area contributed by atoms with Crippen LogP contribution in [-0.4, -0.2) is 30.6 Å². The van der Waals surface area contributed by atoms with E-state index in [1.54, 1.807) is 0 Å². The number of aromatic nitrogens is 1. The van der Waals surface area contributed by atoms with Gasteiger partial charge in [-0.15, -0.1) is 0 Å². The second-order valence-corrected chi connectivity index (χ2v) is 6.28. The Bertz CT molecular complexity index is 946. The molecule has 0 N–H and O–H groups in total. The summed E-state index contributed by atoms with van der Waals surface area (Å²) in [7, 11) is 6.00. The minimum absolute atomic E-state index is 1.00. The van der Waals surface area contributed by atoms with Gasteiger partial charge in [-0.2, -0.15) is 0 Å². The molecule has 3 aromatic carbocycles. The van der Waals surface area contributed by atoms with Crippen molar-refractivity contribution in [3.8, 4) is 0 Å².